The van der Waals surface area contributed by atoms with Crippen molar-refractivity contribution >= 4 is 16.7 Å². The van der Waals surface area contributed by atoms with Crippen molar-refractivity contribution in [2.45, 2.75) is 6.42 Å². The minimum Gasteiger partial charge on any atom is -0.491 e. The van der Waals surface area contributed by atoms with Crippen LogP contribution in [0.3, 0.4) is 0 Å². The van der Waals surface area contributed by atoms with Gasteiger partial charge in [-0.05, 0) is 18.6 Å². The van der Waals surface area contributed by atoms with Gasteiger partial charge in [0.1, 0.15) is 17.7 Å². The first-order valence-electron chi connectivity index (χ1n) is 7.79. The molecule has 0 bridgehead atoms. The minimum atomic E-state index is 0.437. The molecule has 124 valence electrons. The van der Waals surface area contributed by atoms with Gasteiger partial charge in [-0.3, -0.25) is 4.90 Å². The molecule has 0 aliphatic carbocycles. The van der Waals surface area contributed by atoms with Crippen molar-refractivity contribution in [1.29, 1.82) is 0 Å². The quantitative estimate of drug-likeness (QED) is 0.804. The second kappa shape index (κ2) is 7.43. The van der Waals surface area contributed by atoms with Crippen LogP contribution in [-0.4, -0.2) is 61.4 Å². The molecule has 23 heavy (non-hydrogen) atoms. The number of rotatable bonds is 6. The maximum absolute atomic E-state index is 5.88. The van der Waals surface area contributed by atoms with Crippen molar-refractivity contribution in [3.63, 3.8) is 0 Å². The highest BCUT2D eigenvalue weighted by atomic mass is 16.5. The number of ether oxygens (including phenoxy) is 3. The van der Waals surface area contributed by atoms with E-state index in [2.05, 4.69) is 14.9 Å². The van der Waals surface area contributed by atoms with Crippen molar-refractivity contribution in [3.05, 3.63) is 18.5 Å². The number of hydrogen-bond donors (Lipinski definition) is 1. The Hall–Kier alpha value is -2.12. The van der Waals surface area contributed by atoms with Crippen LogP contribution >= 0.6 is 0 Å². The van der Waals surface area contributed by atoms with Crippen LogP contribution in [0.15, 0.2) is 18.5 Å². The summed E-state index contributed by atoms with van der Waals surface area (Å²) in [5, 5.41) is 0.769. The predicted octanol–water partition coefficient (Wildman–Crippen LogP) is 1.32. The maximum atomic E-state index is 5.88. The number of anilines is 1. The Kier molecular flexibility index (Phi) is 5.09. The Morgan fingerprint density at radius 2 is 2.09 bits per heavy atom. The molecule has 2 aromatic rings. The number of nitrogens with two attached hydrogens (primary N) is 1. The fraction of sp³-hybridized carbons (Fsp3) is 0.500. The summed E-state index contributed by atoms with van der Waals surface area (Å²) in [4.78, 5) is 10.6. The van der Waals surface area contributed by atoms with Gasteiger partial charge in [0.2, 0.25) is 0 Å². The number of benzene rings is 1. The highest BCUT2D eigenvalue weighted by Crippen LogP contribution is 2.35. The summed E-state index contributed by atoms with van der Waals surface area (Å²) in [5.74, 6) is 1.72. The zero-order chi connectivity index (χ0) is 16.1. The highest BCUT2D eigenvalue weighted by Gasteiger charge is 2.13. The molecule has 0 saturated carbocycles. The van der Waals surface area contributed by atoms with Crippen molar-refractivity contribution in [2.75, 3.05) is 52.3 Å². The lowest BCUT2D eigenvalue weighted by atomic mass is 10.2. The van der Waals surface area contributed by atoms with Gasteiger partial charge in [0.25, 0.3) is 0 Å². The predicted molar refractivity (Wildman–Crippen MR) is 87.9 cm³/mol. The summed E-state index contributed by atoms with van der Waals surface area (Å²) >= 11 is 0. The Bertz CT molecular complexity index is 659. The molecule has 2 heterocycles. The first kappa shape index (κ1) is 15.8. The zero-order valence-corrected chi connectivity index (χ0v) is 13.3. The fourth-order valence-corrected chi connectivity index (χ4v) is 2.71. The van der Waals surface area contributed by atoms with Crippen molar-refractivity contribution in [3.8, 4) is 11.5 Å². The third-order valence-electron chi connectivity index (χ3n) is 3.94. The molecule has 0 amide bonds. The van der Waals surface area contributed by atoms with Gasteiger partial charge in [0.05, 0.1) is 26.9 Å². The third-order valence-corrected chi connectivity index (χ3v) is 3.94. The smallest absolute Gasteiger partial charge is 0.187 e. The molecule has 0 atom stereocenters. The molecule has 1 aliphatic rings. The second-order valence-electron chi connectivity index (χ2n) is 5.41. The lowest BCUT2D eigenvalue weighted by molar-refractivity contribution is 0.0357. The van der Waals surface area contributed by atoms with Crippen LogP contribution in [-0.2, 0) is 4.74 Å². The van der Waals surface area contributed by atoms with Gasteiger partial charge in [-0.15, -0.1) is 0 Å². The van der Waals surface area contributed by atoms with E-state index in [-0.39, 0.29) is 0 Å². The van der Waals surface area contributed by atoms with Crippen LogP contribution in [0.25, 0.3) is 10.9 Å². The minimum absolute atomic E-state index is 0.437. The summed E-state index contributed by atoms with van der Waals surface area (Å²) in [6.45, 7) is 5.26. The van der Waals surface area contributed by atoms with Crippen LogP contribution in [0.4, 0.5) is 5.82 Å². The first-order valence-corrected chi connectivity index (χ1v) is 7.79. The Morgan fingerprint density at radius 3 is 2.87 bits per heavy atom. The van der Waals surface area contributed by atoms with E-state index in [0.29, 0.717) is 29.4 Å². The molecule has 7 heteroatoms. The molecule has 1 saturated heterocycles. The van der Waals surface area contributed by atoms with Gasteiger partial charge in [-0.25, -0.2) is 9.97 Å². The second-order valence-corrected chi connectivity index (χ2v) is 5.41. The van der Waals surface area contributed by atoms with Gasteiger partial charge >= 0.3 is 0 Å². The van der Waals surface area contributed by atoms with E-state index in [9.17, 15) is 0 Å². The van der Waals surface area contributed by atoms with Gasteiger partial charge in [0, 0.05) is 25.0 Å². The van der Waals surface area contributed by atoms with Crippen LogP contribution < -0.4 is 15.2 Å². The molecular formula is C16H22N4O3. The molecule has 7 nitrogen and oxygen atoms in total. The Labute approximate surface area is 135 Å². The molecule has 2 N–H and O–H groups in total. The van der Waals surface area contributed by atoms with E-state index >= 15 is 0 Å². The van der Waals surface area contributed by atoms with E-state index in [0.717, 1.165) is 44.7 Å². The monoisotopic (exact) mass is 318 g/mol. The summed E-state index contributed by atoms with van der Waals surface area (Å²) in [7, 11) is 1.60. The summed E-state index contributed by atoms with van der Waals surface area (Å²) in [6, 6.07) is 3.72. The molecule has 0 radical (unpaired) electrons. The van der Waals surface area contributed by atoms with Crippen molar-refractivity contribution in [2.24, 2.45) is 0 Å². The molecule has 1 aromatic carbocycles. The summed E-state index contributed by atoms with van der Waals surface area (Å²) in [6.07, 6.45) is 2.38. The average molecular weight is 318 g/mol. The SMILES string of the molecule is COc1c(OCCCN2CCOCC2)ccc2c(N)ncnc12. The van der Waals surface area contributed by atoms with E-state index in [1.165, 1.54) is 6.33 Å². The number of nitrogens with zero attached hydrogens (tertiary/aromatic N) is 3. The van der Waals surface area contributed by atoms with Gasteiger partial charge < -0.3 is 19.9 Å². The Balaban J connectivity index is 1.63. The third kappa shape index (κ3) is 3.62. The summed E-state index contributed by atoms with van der Waals surface area (Å²) in [5.41, 5.74) is 6.54. The van der Waals surface area contributed by atoms with Gasteiger partial charge in [-0.1, -0.05) is 0 Å². The number of methoxy groups -OCH3 is 1. The lowest BCUT2D eigenvalue weighted by Crippen LogP contribution is -2.37. The van der Waals surface area contributed by atoms with Crippen LogP contribution in [0.1, 0.15) is 6.42 Å². The van der Waals surface area contributed by atoms with E-state index < -0.39 is 0 Å². The van der Waals surface area contributed by atoms with Gasteiger partial charge in [-0.2, -0.15) is 0 Å². The molecule has 3 rings (SSSR count). The maximum Gasteiger partial charge on any atom is 0.187 e. The molecule has 0 spiro atoms. The van der Waals surface area contributed by atoms with Crippen molar-refractivity contribution < 1.29 is 14.2 Å². The number of morpholine rings is 1. The van der Waals surface area contributed by atoms with Crippen molar-refractivity contribution in [1.82, 2.24) is 14.9 Å². The fourth-order valence-electron chi connectivity index (χ4n) is 2.71. The van der Waals surface area contributed by atoms with Crippen LogP contribution in [0, 0.1) is 0 Å². The Morgan fingerprint density at radius 1 is 1.26 bits per heavy atom. The number of aromatic nitrogens is 2. The highest BCUT2D eigenvalue weighted by molar-refractivity contribution is 5.93. The summed E-state index contributed by atoms with van der Waals surface area (Å²) < 4.78 is 16.7. The lowest BCUT2D eigenvalue weighted by Gasteiger charge is -2.26. The van der Waals surface area contributed by atoms with E-state index in [4.69, 9.17) is 19.9 Å². The van der Waals surface area contributed by atoms with Gasteiger partial charge in [0.15, 0.2) is 11.5 Å². The van der Waals surface area contributed by atoms with E-state index in [1.54, 1.807) is 7.11 Å². The van der Waals surface area contributed by atoms with E-state index in [1.807, 2.05) is 12.1 Å². The molecular weight excluding hydrogens is 296 g/mol. The molecule has 1 aliphatic heterocycles. The number of hydrogen-bond acceptors (Lipinski definition) is 7. The topological polar surface area (TPSA) is 82.7 Å². The van der Waals surface area contributed by atoms with Crippen LogP contribution in [0.2, 0.25) is 0 Å². The molecule has 1 fully saturated rings. The van der Waals surface area contributed by atoms with Crippen LogP contribution in [0.5, 0.6) is 11.5 Å². The average Bonchev–Trinajstić information content (AvgIpc) is 2.59. The first-order chi connectivity index (χ1) is 11.3. The largest absolute Gasteiger partial charge is 0.491 e. The standard InChI is InChI=1S/C16H22N4O3/c1-21-15-13(4-3-12-14(15)18-11-19-16(12)17)23-8-2-5-20-6-9-22-10-7-20/h3-4,11H,2,5-10H2,1H3,(H2,17,18,19). The molecule has 0 unspecified atom stereocenters. The zero-order valence-electron chi connectivity index (χ0n) is 13.3. The number of nitrogen functional groups attached to an aromatic ring is 1. The normalized spacial score (nSPS) is 15.7. The molecule has 1 aromatic heterocycles. The number of fused-ring (bicyclic) bond motifs is 1.